The summed E-state index contributed by atoms with van der Waals surface area (Å²) in [7, 11) is 0. The molecule has 144 valence electrons. The molecule has 0 N–H and O–H groups in total. The van der Waals surface area contributed by atoms with Gasteiger partial charge in [0.05, 0.1) is 23.6 Å². The number of rotatable bonds is 8. The highest BCUT2D eigenvalue weighted by Crippen LogP contribution is 2.31. The summed E-state index contributed by atoms with van der Waals surface area (Å²) in [5.74, 6) is -1.31. The third-order valence-electron chi connectivity index (χ3n) is 5.16. The van der Waals surface area contributed by atoms with E-state index in [2.05, 4.69) is 6.92 Å². The van der Waals surface area contributed by atoms with Crippen molar-refractivity contribution in [1.82, 2.24) is 4.90 Å². The Balaban J connectivity index is 1.72. The molecule has 1 fully saturated rings. The van der Waals surface area contributed by atoms with Gasteiger partial charge in [-0.3, -0.25) is 24.1 Å². The fraction of sp³-hybridized carbons (Fsp3) is 0.524. The summed E-state index contributed by atoms with van der Waals surface area (Å²) < 4.78 is 5.56. The van der Waals surface area contributed by atoms with Crippen LogP contribution in [0.15, 0.2) is 18.2 Å². The van der Waals surface area contributed by atoms with E-state index < -0.39 is 17.9 Å². The van der Waals surface area contributed by atoms with Crippen molar-refractivity contribution in [3.05, 3.63) is 34.9 Å². The summed E-state index contributed by atoms with van der Waals surface area (Å²) in [5.41, 5.74) is 1.57. The highest BCUT2D eigenvalue weighted by Gasteiger charge is 2.45. The van der Waals surface area contributed by atoms with Crippen molar-refractivity contribution in [2.24, 2.45) is 0 Å². The number of carbonyl (C=O) groups is 4. The number of imide groups is 1. The lowest BCUT2D eigenvalue weighted by atomic mass is 9.92. The lowest BCUT2D eigenvalue weighted by molar-refractivity contribution is -0.132. The molecule has 0 spiro atoms. The van der Waals surface area contributed by atoms with Crippen LogP contribution in [-0.4, -0.2) is 47.5 Å². The predicted molar refractivity (Wildman–Crippen MR) is 98.6 cm³/mol. The van der Waals surface area contributed by atoms with E-state index in [4.69, 9.17) is 4.74 Å². The lowest BCUT2D eigenvalue weighted by Crippen LogP contribution is -2.47. The molecule has 0 radical (unpaired) electrons. The number of amides is 2. The van der Waals surface area contributed by atoms with Crippen LogP contribution in [0.25, 0.3) is 0 Å². The van der Waals surface area contributed by atoms with Crippen molar-refractivity contribution in [2.75, 3.05) is 13.2 Å². The first-order chi connectivity index (χ1) is 13.0. The Morgan fingerprint density at radius 1 is 1.07 bits per heavy atom. The van der Waals surface area contributed by atoms with Crippen LogP contribution in [0.4, 0.5) is 0 Å². The molecule has 1 aromatic carbocycles. The Morgan fingerprint density at radius 3 is 2.59 bits per heavy atom. The fourth-order valence-electron chi connectivity index (χ4n) is 3.71. The second kappa shape index (κ2) is 8.57. The van der Waals surface area contributed by atoms with Crippen LogP contribution >= 0.6 is 0 Å². The Bertz CT molecular complexity index is 770. The Morgan fingerprint density at radius 2 is 1.85 bits per heavy atom. The van der Waals surface area contributed by atoms with Crippen molar-refractivity contribution in [3.8, 4) is 0 Å². The van der Waals surface area contributed by atoms with E-state index in [9.17, 15) is 19.2 Å². The lowest BCUT2D eigenvalue weighted by Gasteiger charge is -2.27. The molecule has 1 saturated carbocycles. The van der Waals surface area contributed by atoms with Gasteiger partial charge in [-0.2, -0.15) is 0 Å². The number of hydrogen-bond acceptors (Lipinski definition) is 5. The number of hydrogen-bond donors (Lipinski definition) is 0. The molecule has 0 bridgehead atoms. The number of aryl methyl sites for hydroxylation is 1. The van der Waals surface area contributed by atoms with Crippen LogP contribution in [0.3, 0.4) is 0 Å². The van der Waals surface area contributed by atoms with Crippen molar-refractivity contribution in [2.45, 2.75) is 57.9 Å². The van der Waals surface area contributed by atoms with Gasteiger partial charge < -0.3 is 4.74 Å². The summed E-state index contributed by atoms with van der Waals surface area (Å²) in [6.07, 6.45) is 3.78. The van der Waals surface area contributed by atoms with E-state index in [0.717, 1.165) is 36.3 Å². The van der Waals surface area contributed by atoms with Gasteiger partial charge in [0, 0.05) is 19.6 Å². The molecular weight excluding hydrogens is 346 g/mol. The summed E-state index contributed by atoms with van der Waals surface area (Å²) in [6, 6.07) is 4.44. The van der Waals surface area contributed by atoms with Crippen molar-refractivity contribution >= 4 is 23.4 Å². The first-order valence-corrected chi connectivity index (χ1v) is 9.66. The molecule has 1 aliphatic carbocycles. The van der Waals surface area contributed by atoms with Crippen LogP contribution < -0.4 is 0 Å². The van der Waals surface area contributed by atoms with E-state index in [-0.39, 0.29) is 30.8 Å². The van der Waals surface area contributed by atoms with Gasteiger partial charge >= 0.3 is 0 Å². The van der Waals surface area contributed by atoms with Crippen molar-refractivity contribution in [3.63, 3.8) is 0 Å². The summed E-state index contributed by atoms with van der Waals surface area (Å²) in [4.78, 5) is 50.5. The van der Waals surface area contributed by atoms with Crippen LogP contribution in [0, 0.1) is 0 Å². The van der Waals surface area contributed by atoms with Gasteiger partial charge in [-0.15, -0.1) is 0 Å². The molecule has 3 rings (SSSR count). The average molecular weight is 371 g/mol. The Labute approximate surface area is 158 Å². The first kappa shape index (κ1) is 19.4. The molecule has 2 amide bonds. The SMILES string of the molecule is CCCCOCCCc1cccc2c1C(=O)N(C1CCC(=O)CC1=O)C2=O. The molecule has 0 saturated heterocycles. The Hall–Kier alpha value is -2.34. The van der Waals surface area contributed by atoms with Gasteiger partial charge in [-0.1, -0.05) is 25.5 Å². The molecule has 1 aliphatic heterocycles. The topological polar surface area (TPSA) is 80.8 Å². The number of Topliss-reactive ketones (excluding diaryl/α,β-unsaturated/α-hetero) is 2. The zero-order valence-electron chi connectivity index (χ0n) is 15.7. The monoisotopic (exact) mass is 371 g/mol. The number of ether oxygens (including phenoxy) is 1. The standard InChI is InChI=1S/C21H25NO5/c1-2-3-11-27-12-5-7-14-6-4-8-16-19(14)21(26)22(20(16)25)17-10-9-15(23)13-18(17)24/h4,6,8,17H,2-3,5,7,9-13H2,1H3. The number of fused-ring (bicyclic) bond motifs is 1. The quantitative estimate of drug-likeness (QED) is 0.399. The van der Waals surface area contributed by atoms with E-state index in [1.807, 2.05) is 6.07 Å². The fourth-order valence-corrected chi connectivity index (χ4v) is 3.71. The second-order valence-corrected chi connectivity index (χ2v) is 7.13. The number of unbranched alkanes of at least 4 members (excludes halogenated alkanes) is 1. The number of ketones is 2. The van der Waals surface area contributed by atoms with Crippen LogP contribution in [-0.2, 0) is 20.7 Å². The molecule has 1 aromatic rings. The smallest absolute Gasteiger partial charge is 0.262 e. The molecule has 6 heteroatoms. The minimum absolute atomic E-state index is 0.128. The third kappa shape index (κ3) is 4.00. The van der Waals surface area contributed by atoms with E-state index >= 15 is 0 Å². The number of nitrogens with zero attached hydrogens (tertiary/aromatic N) is 1. The van der Waals surface area contributed by atoms with E-state index in [1.54, 1.807) is 12.1 Å². The summed E-state index contributed by atoms with van der Waals surface area (Å²) in [5, 5.41) is 0. The van der Waals surface area contributed by atoms with Crippen LogP contribution in [0.1, 0.15) is 71.7 Å². The molecule has 0 aromatic heterocycles. The van der Waals surface area contributed by atoms with Crippen LogP contribution in [0.5, 0.6) is 0 Å². The number of benzene rings is 1. The maximum Gasteiger partial charge on any atom is 0.262 e. The minimum atomic E-state index is -0.819. The van der Waals surface area contributed by atoms with Gasteiger partial charge in [0.15, 0.2) is 5.78 Å². The zero-order chi connectivity index (χ0) is 19.4. The maximum atomic E-state index is 13.0. The zero-order valence-corrected chi connectivity index (χ0v) is 15.7. The number of carbonyl (C=O) groups excluding carboxylic acids is 4. The highest BCUT2D eigenvalue weighted by molar-refractivity contribution is 6.24. The van der Waals surface area contributed by atoms with E-state index in [0.29, 0.717) is 24.2 Å². The average Bonchev–Trinajstić information content (AvgIpc) is 2.90. The van der Waals surface area contributed by atoms with Gasteiger partial charge in [-0.25, -0.2) is 0 Å². The normalized spacial score (nSPS) is 19.7. The molecule has 1 heterocycles. The maximum absolute atomic E-state index is 13.0. The third-order valence-corrected chi connectivity index (χ3v) is 5.16. The van der Waals surface area contributed by atoms with Gasteiger partial charge in [0.2, 0.25) is 0 Å². The van der Waals surface area contributed by atoms with Gasteiger partial charge in [0.25, 0.3) is 11.8 Å². The second-order valence-electron chi connectivity index (χ2n) is 7.13. The largest absolute Gasteiger partial charge is 0.381 e. The Kier molecular flexibility index (Phi) is 6.16. The van der Waals surface area contributed by atoms with Gasteiger partial charge in [-0.05, 0) is 37.3 Å². The van der Waals surface area contributed by atoms with E-state index in [1.165, 1.54) is 0 Å². The van der Waals surface area contributed by atoms with Crippen LogP contribution in [0.2, 0.25) is 0 Å². The summed E-state index contributed by atoms with van der Waals surface area (Å²) >= 11 is 0. The molecule has 6 nitrogen and oxygen atoms in total. The molecular formula is C21H25NO5. The summed E-state index contributed by atoms with van der Waals surface area (Å²) in [6.45, 7) is 3.45. The molecule has 27 heavy (non-hydrogen) atoms. The first-order valence-electron chi connectivity index (χ1n) is 9.66. The molecule has 1 unspecified atom stereocenters. The van der Waals surface area contributed by atoms with Crippen molar-refractivity contribution in [1.29, 1.82) is 0 Å². The predicted octanol–water partition coefficient (Wildman–Crippen LogP) is 2.72. The minimum Gasteiger partial charge on any atom is -0.381 e. The van der Waals surface area contributed by atoms with Crippen molar-refractivity contribution < 1.29 is 23.9 Å². The molecule has 1 atom stereocenters. The van der Waals surface area contributed by atoms with Gasteiger partial charge in [0.1, 0.15) is 5.78 Å². The molecule has 2 aliphatic rings. The highest BCUT2D eigenvalue weighted by atomic mass is 16.5.